The van der Waals surface area contributed by atoms with Gasteiger partial charge in [-0.3, -0.25) is 19.2 Å². The normalized spacial score (nSPS) is 16.4. The van der Waals surface area contributed by atoms with E-state index in [4.69, 9.17) is 5.11 Å². The number of aliphatic carboxylic acids is 1. The molecule has 152 valence electrons. The molecule has 8 nitrogen and oxygen atoms in total. The third-order valence-electron chi connectivity index (χ3n) is 4.61. The number of nitrogens with zero attached hydrogens (tertiary/aromatic N) is 2. The van der Waals surface area contributed by atoms with Gasteiger partial charge in [-0.1, -0.05) is 12.1 Å². The number of carboxylic acid groups (broad SMARTS) is 1. The number of hydrogen-bond donors (Lipinski definition) is 2. The summed E-state index contributed by atoms with van der Waals surface area (Å²) in [6, 6.07) is 5.63. The maximum Gasteiger partial charge on any atom is 0.308 e. The molecule has 1 aromatic rings. The lowest BCUT2D eigenvalue weighted by Crippen LogP contribution is -2.48. The van der Waals surface area contributed by atoms with E-state index in [0.717, 1.165) is 0 Å². The van der Waals surface area contributed by atoms with Crippen LogP contribution in [0.2, 0.25) is 0 Å². The van der Waals surface area contributed by atoms with Gasteiger partial charge in [0.05, 0.1) is 25.4 Å². The molecule has 1 saturated heterocycles. The van der Waals surface area contributed by atoms with Crippen molar-refractivity contribution in [2.24, 2.45) is 5.92 Å². The Hall–Kier alpha value is -2.97. The van der Waals surface area contributed by atoms with Crippen LogP contribution in [0.3, 0.4) is 0 Å². The molecular formula is C19H24FN3O5. The molecular weight excluding hydrogens is 369 g/mol. The fourth-order valence-corrected chi connectivity index (χ4v) is 3.00. The molecule has 28 heavy (non-hydrogen) atoms. The van der Waals surface area contributed by atoms with Crippen LogP contribution >= 0.6 is 0 Å². The predicted molar refractivity (Wildman–Crippen MR) is 97.7 cm³/mol. The van der Waals surface area contributed by atoms with Gasteiger partial charge >= 0.3 is 5.97 Å². The van der Waals surface area contributed by atoms with Gasteiger partial charge in [0.15, 0.2) is 0 Å². The topological polar surface area (TPSA) is 107 Å². The highest BCUT2D eigenvalue weighted by molar-refractivity contribution is 5.88. The molecule has 1 aliphatic rings. The number of halogens is 1. The smallest absolute Gasteiger partial charge is 0.308 e. The van der Waals surface area contributed by atoms with Gasteiger partial charge in [-0.25, -0.2) is 4.39 Å². The minimum atomic E-state index is -0.928. The summed E-state index contributed by atoms with van der Waals surface area (Å²) in [5, 5.41) is 11.5. The molecule has 9 heteroatoms. The SMILES string of the molecule is CN(CC(=O)N1CCCC(C(=O)O)C1)C(=O)CNC(=O)Cc1cccc(F)c1. The van der Waals surface area contributed by atoms with Crippen LogP contribution in [0.25, 0.3) is 0 Å². The van der Waals surface area contributed by atoms with Crippen LogP contribution in [-0.4, -0.2) is 71.8 Å². The lowest BCUT2D eigenvalue weighted by atomic mass is 9.98. The molecule has 1 unspecified atom stereocenters. The van der Waals surface area contributed by atoms with Gasteiger partial charge in [-0.2, -0.15) is 0 Å². The second-order valence-corrected chi connectivity index (χ2v) is 6.85. The fraction of sp³-hybridized carbons (Fsp3) is 0.474. The molecule has 0 saturated carbocycles. The minimum absolute atomic E-state index is 0.0575. The first-order chi connectivity index (χ1) is 13.3. The molecule has 0 bridgehead atoms. The van der Waals surface area contributed by atoms with Crippen molar-refractivity contribution in [2.45, 2.75) is 19.3 Å². The van der Waals surface area contributed by atoms with E-state index in [9.17, 15) is 23.6 Å². The Kier molecular flexibility index (Phi) is 7.48. The number of carbonyl (C=O) groups is 4. The molecule has 1 fully saturated rings. The Morgan fingerprint density at radius 1 is 1.32 bits per heavy atom. The number of rotatable bonds is 7. The van der Waals surface area contributed by atoms with Gasteiger partial charge < -0.3 is 20.2 Å². The van der Waals surface area contributed by atoms with Crippen molar-refractivity contribution in [1.82, 2.24) is 15.1 Å². The zero-order valence-corrected chi connectivity index (χ0v) is 15.7. The summed E-state index contributed by atoms with van der Waals surface area (Å²) in [6.45, 7) is 0.135. The Labute approximate surface area is 162 Å². The average molecular weight is 393 g/mol. The first-order valence-corrected chi connectivity index (χ1v) is 9.02. The third-order valence-corrected chi connectivity index (χ3v) is 4.61. The fourth-order valence-electron chi connectivity index (χ4n) is 3.00. The van der Waals surface area contributed by atoms with Crippen LogP contribution in [-0.2, 0) is 25.6 Å². The van der Waals surface area contributed by atoms with E-state index < -0.39 is 29.5 Å². The molecule has 0 spiro atoms. The van der Waals surface area contributed by atoms with Gasteiger partial charge in [0.25, 0.3) is 0 Å². The summed E-state index contributed by atoms with van der Waals surface area (Å²) in [4.78, 5) is 50.1. The molecule has 2 N–H and O–H groups in total. The highest BCUT2D eigenvalue weighted by atomic mass is 19.1. The minimum Gasteiger partial charge on any atom is -0.481 e. The van der Waals surface area contributed by atoms with Crippen LogP contribution in [0, 0.1) is 11.7 Å². The van der Waals surface area contributed by atoms with E-state index in [1.807, 2.05) is 0 Å². The lowest BCUT2D eigenvalue weighted by molar-refractivity contribution is -0.147. The van der Waals surface area contributed by atoms with E-state index in [1.165, 1.54) is 35.0 Å². The summed E-state index contributed by atoms with van der Waals surface area (Å²) < 4.78 is 13.1. The van der Waals surface area contributed by atoms with E-state index in [0.29, 0.717) is 24.9 Å². The number of carbonyl (C=O) groups excluding carboxylic acids is 3. The van der Waals surface area contributed by atoms with Crippen LogP contribution in [0.15, 0.2) is 24.3 Å². The van der Waals surface area contributed by atoms with Gasteiger partial charge in [0.1, 0.15) is 5.82 Å². The lowest BCUT2D eigenvalue weighted by Gasteiger charge is -2.32. The number of benzene rings is 1. The number of likely N-dealkylation sites (tertiary alicyclic amines) is 1. The van der Waals surface area contributed by atoms with Crippen molar-refractivity contribution in [2.75, 3.05) is 33.2 Å². The molecule has 0 radical (unpaired) electrons. The molecule has 0 aliphatic carbocycles. The van der Waals surface area contributed by atoms with E-state index >= 15 is 0 Å². The molecule has 1 heterocycles. The standard InChI is InChI=1S/C19H24FN3O5/c1-22(12-18(26)23-7-3-5-14(11-23)19(27)28)17(25)10-21-16(24)9-13-4-2-6-15(20)8-13/h2,4,6,8,14H,3,5,7,9-12H2,1H3,(H,21,24)(H,27,28). The quantitative estimate of drug-likeness (QED) is 0.691. The van der Waals surface area contributed by atoms with Crippen molar-refractivity contribution in [3.8, 4) is 0 Å². The van der Waals surface area contributed by atoms with Crippen LogP contribution in [0.4, 0.5) is 4.39 Å². The van der Waals surface area contributed by atoms with E-state index in [1.54, 1.807) is 6.07 Å². The van der Waals surface area contributed by atoms with Gasteiger partial charge in [0.2, 0.25) is 17.7 Å². The van der Waals surface area contributed by atoms with E-state index in [2.05, 4.69) is 5.32 Å². The Bertz CT molecular complexity index is 755. The van der Waals surface area contributed by atoms with Crippen LogP contribution in [0.1, 0.15) is 18.4 Å². The second kappa shape index (κ2) is 9.82. The van der Waals surface area contributed by atoms with Crippen LogP contribution in [0.5, 0.6) is 0 Å². The Balaban J connectivity index is 1.76. The van der Waals surface area contributed by atoms with Gasteiger partial charge in [0, 0.05) is 20.1 Å². The van der Waals surface area contributed by atoms with Crippen molar-refractivity contribution < 1.29 is 28.7 Å². The number of likely N-dealkylation sites (N-methyl/N-ethyl adjacent to an activating group) is 1. The summed E-state index contributed by atoms with van der Waals surface area (Å²) in [5.41, 5.74) is 0.492. The maximum atomic E-state index is 13.1. The van der Waals surface area contributed by atoms with E-state index in [-0.39, 0.29) is 32.0 Å². The largest absolute Gasteiger partial charge is 0.481 e. The summed E-state index contributed by atoms with van der Waals surface area (Å²) in [5.74, 6) is -3.16. The van der Waals surface area contributed by atoms with Crippen molar-refractivity contribution in [3.05, 3.63) is 35.6 Å². The number of amides is 3. The van der Waals surface area contributed by atoms with Crippen molar-refractivity contribution in [3.63, 3.8) is 0 Å². The highest BCUT2D eigenvalue weighted by Gasteiger charge is 2.28. The molecule has 3 amide bonds. The second-order valence-electron chi connectivity index (χ2n) is 6.85. The summed E-state index contributed by atoms with van der Waals surface area (Å²) in [7, 11) is 1.44. The highest BCUT2D eigenvalue weighted by Crippen LogP contribution is 2.16. The average Bonchev–Trinajstić information content (AvgIpc) is 2.66. The zero-order valence-electron chi connectivity index (χ0n) is 15.7. The first kappa shape index (κ1) is 21.3. The monoisotopic (exact) mass is 393 g/mol. The summed E-state index contributed by atoms with van der Waals surface area (Å²) in [6.07, 6.45) is 1.08. The molecule has 2 rings (SSSR count). The number of carboxylic acids is 1. The van der Waals surface area contributed by atoms with Crippen molar-refractivity contribution >= 4 is 23.7 Å². The molecule has 0 aromatic heterocycles. The predicted octanol–water partition coefficient (Wildman–Crippen LogP) is 0.266. The van der Waals surface area contributed by atoms with Gasteiger partial charge in [-0.05, 0) is 30.5 Å². The number of nitrogens with one attached hydrogen (secondary N) is 1. The number of hydrogen-bond acceptors (Lipinski definition) is 4. The van der Waals surface area contributed by atoms with Crippen molar-refractivity contribution in [1.29, 1.82) is 0 Å². The summed E-state index contributed by atoms with van der Waals surface area (Å²) >= 11 is 0. The molecule has 1 aliphatic heterocycles. The van der Waals surface area contributed by atoms with Gasteiger partial charge in [-0.15, -0.1) is 0 Å². The zero-order chi connectivity index (χ0) is 20.7. The number of piperidine rings is 1. The molecule has 1 atom stereocenters. The van der Waals surface area contributed by atoms with Crippen LogP contribution < -0.4 is 5.32 Å². The maximum absolute atomic E-state index is 13.1. The first-order valence-electron chi connectivity index (χ1n) is 9.02. The Morgan fingerprint density at radius 2 is 2.07 bits per heavy atom. The molecule has 1 aromatic carbocycles. The Morgan fingerprint density at radius 3 is 2.75 bits per heavy atom. The third kappa shape index (κ3) is 6.33.